The number of ether oxygens (including phenoxy) is 2. The van der Waals surface area contributed by atoms with Crippen LogP contribution in [0.1, 0.15) is 61.2 Å². The summed E-state index contributed by atoms with van der Waals surface area (Å²) in [5.74, 6) is -0.724. The third-order valence-corrected chi connectivity index (χ3v) is 6.83. The van der Waals surface area contributed by atoms with Gasteiger partial charge in [-0.1, -0.05) is 26.0 Å². The van der Waals surface area contributed by atoms with Crippen molar-refractivity contribution in [1.82, 2.24) is 8.96 Å². The maximum Gasteiger partial charge on any atom is 0.411 e. The van der Waals surface area contributed by atoms with Gasteiger partial charge in [-0.15, -0.1) is 0 Å². The van der Waals surface area contributed by atoms with Crippen LogP contribution in [0.15, 0.2) is 24.3 Å². The molecule has 0 saturated carbocycles. The maximum atomic E-state index is 10.9. The van der Waals surface area contributed by atoms with Crippen LogP contribution in [-0.2, 0) is 20.7 Å². The predicted molar refractivity (Wildman–Crippen MR) is 102 cm³/mol. The highest BCUT2D eigenvalue weighted by Crippen LogP contribution is 2.60. The molecule has 0 aromatic carbocycles. The minimum Gasteiger partial charge on any atom is -0.495 e. The summed E-state index contributed by atoms with van der Waals surface area (Å²) in [6.45, 7) is 3.89. The molecule has 0 aliphatic carbocycles. The highest BCUT2D eigenvalue weighted by atomic mass is 16.5. The van der Waals surface area contributed by atoms with Crippen molar-refractivity contribution in [3.63, 3.8) is 0 Å². The summed E-state index contributed by atoms with van der Waals surface area (Å²) in [6.07, 6.45) is 7.85. The van der Waals surface area contributed by atoms with Crippen molar-refractivity contribution in [3.8, 4) is 23.5 Å². The third kappa shape index (κ3) is 1.71. The van der Waals surface area contributed by atoms with Gasteiger partial charge in [0.05, 0.1) is 22.3 Å². The number of aromatic nitrogens is 2. The van der Waals surface area contributed by atoms with Crippen LogP contribution < -0.4 is 0 Å². The summed E-state index contributed by atoms with van der Waals surface area (Å²) in [5.41, 5.74) is 0.525. The fourth-order valence-electron chi connectivity index (χ4n) is 5.32. The Morgan fingerprint density at radius 2 is 1.21 bits per heavy atom. The summed E-state index contributed by atoms with van der Waals surface area (Å²) in [6, 6.07) is 0. The van der Waals surface area contributed by atoms with Crippen LogP contribution in [0.2, 0.25) is 0 Å². The number of hydrogen-bond donors (Lipinski definition) is 4. The molecule has 8 nitrogen and oxygen atoms in total. The van der Waals surface area contributed by atoms with Crippen LogP contribution >= 0.6 is 0 Å². The van der Waals surface area contributed by atoms with E-state index in [1.165, 1.54) is 16.5 Å². The maximum absolute atomic E-state index is 10.9. The molecule has 0 amide bonds. The van der Waals surface area contributed by atoms with Crippen LogP contribution in [0.5, 0.6) is 23.5 Å². The largest absolute Gasteiger partial charge is 0.495 e. The van der Waals surface area contributed by atoms with Gasteiger partial charge in [-0.25, -0.2) is 0 Å². The molecule has 6 heterocycles. The van der Waals surface area contributed by atoms with Crippen LogP contribution in [0.4, 0.5) is 0 Å². The molecule has 2 aromatic heterocycles. The summed E-state index contributed by atoms with van der Waals surface area (Å²) in [7, 11) is 1.29. The first-order valence-electron chi connectivity index (χ1n) is 9.79. The van der Waals surface area contributed by atoms with Gasteiger partial charge in [0.25, 0.3) is 0 Å². The molecule has 29 heavy (non-hydrogen) atoms. The van der Waals surface area contributed by atoms with Crippen LogP contribution in [-0.4, -0.2) is 36.9 Å². The quantitative estimate of drug-likeness (QED) is 0.468. The topological polar surface area (TPSA) is 109 Å². The Bertz CT molecular complexity index is 1060. The van der Waals surface area contributed by atoms with Crippen LogP contribution in [0.3, 0.4) is 0 Å². The lowest BCUT2D eigenvalue weighted by Crippen LogP contribution is -2.22. The molecule has 4 atom stereocenters. The lowest BCUT2D eigenvalue weighted by Gasteiger charge is -2.22. The first kappa shape index (κ1) is 17.1. The second kappa shape index (κ2) is 5.03. The fraction of sp³-hybridized carbons (Fsp3) is 0.400. The number of rotatable bonds is 4. The average Bonchev–Trinajstić information content (AvgIpc) is 3.53. The van der Waals surface area contributed by atoms with E-state index in [1.807, 2.05) is 38.2 Å². The number of hydrogen-bond acceptors (Lipinski definition) is 6. The van der Waals surface area contributed by atoms with Crippen molar-refractivity contribution in [2.45, 2.75) is 50.1 Å². The highest BCUT2D eigenvalue weighted by Gasteiger charge is 2.53. The Morgan fingerprint density at radius 3 is 1.59 bits per heavy atom. The summed E-state index contributed by atoms with van der Waals surface area (Å²) < 4.78 is 14.3. The van der Waals surface area contributed by atoms with Crippen molar-refractivity contribution in [3.05, 3.63) is 46.6 Å². The van der Waals surface area contributed by atoms with E-state index in [1.54, 1.807) is 0 Å². The van der Waals surface area contributed by atoms with E-state index in [4.69, 9.17) is 9.47 Å². The standard InChI is InChI=1S/C20H20BN2O6/c1-3-19-7-5-9(28-19)11-13(19)17(26)22(15(11)24)21-23-16(25)12-10-6-8-20(4-2,29-10)14(12)18(23)27/h5-10,24-27H,3-4H2,1-2H3. The molecule has 4 bridgehead atoms. The monoisotopic (exact) mass is 395 g/mol. The smallest absolute Gasteiger partial charge is 0.411 e. The van der Waals surface area contributed by atoms with E-state index in [0.717, 1.165) is 0 Å². The van der Waals surface area contributed by atoms with Gasteiger partial charge in [-0.2, -0.15) is 0 Å². The van der Waals surface area contributed by atoms with Crippen LogP contribution in [0.25, 0.3) is 0 Å². The molecular weight excluding hydrogens is 375 g/mol. The van der Waals surface area contributed by atoms with Crippen molar-refractivity contribution in [2.24, 2.45) is 0 Å². The number of fused-ring (bicyclic) bond motifs is 10. The molecule has 0 fully saturated rings. The number of nitrogens with zero attached hydrogens (tertiary/aromatic N) is 2. The summed E-state index contributed by atoms with van der Waals surface area (Å²) in [4.78, 5) is 0. The first-order valence-corrected chi connectivity index (χ1v) is 9.79. The van der Waals surface area contributed by atoms with Gasteiger partial charge in [0.2, 0.25) is 0 Å². The minimum atomic E-state index is -0.772. The highest BCUT2D eigenvalue weighted by molar-refractivity contribution is 6.34. The Kier molecular flexibility index (Phi) is 2.97. The van der Waals surface area contributed by atoms with Gasteiger partial charge in [0.15, 0.2) is 23.5 Å². The molecular formula is C20H20BN2O6. The predicted octanol–water partition coefficient (Wildman–Crippen LogP) is 2.54. The Morgan fingerprint density at radius 1 is 0.793 bits per heavy atom. The molecule has 149 valence electrons. The molecule has 4 aliphatic rings. The molecule has 0 spiro atoms. The molecule has 4 unspecified atom stereocenters. The normalized spacial score (nSPS) is 32.3. The van der Waals surface area contributed by atoms with Gasteiger partial charge < -0.3 is 38.9 Å². The van der Waals surface area contributed by atoms with E-state index < -0.39 is 23.4 Å². The Balaban J connectivity index is 1.48. The second-order valence-corrected chi connectivity index (χ2v) is 8.01. The zero-order valence-corrected chi connectivity index (χ0v) is 16.0. The van der Waals surface area contributed by atoms with Gasteiger partial charge in [0, 0.05) is 0 Å². The van der Waals surface area contributed by atoms with E-state index >= 15 is 0 Å². The van der Waals surface area contributed by atoms with Gasteiger partial charge >= 0.3 is 7.55 Å². The Labute approximate surface area is 167 Å². The summed E-state index contributed by atoms with van der Waals surface area (Å²) >= 11 is 0. The van der Waals surface area contributed by atoms with E-state index in [9.17, 15) is 20.4 Å². The summed E-state index contributed by atoms with van der Waals surface area (Å²) in [5, 5.41) is 43.4. The number of aromatic hydroxyl groups is 4. The second-order valence-electron chi connectivity index (χ2n) is 8.01. The lowest BCUT2D eigenvalue weighted by molar-refractivity contribution is -0.00775. The zero-order valence-electron chi connectivity index (χ0n) is 16.0. The van der Waals surface area contributed by atoms with Crippen molar-refractivity contribution in [2.75, 3.05) is 0 Å². The Hall–Kier alpha value is -2.78. The van der Waals surface area contributed by atoms with E-state index in [2.05, 4.69) is 0 Å². The van der Waals surface area contributed by atoms with E-state index in [-0.39, 0.29) is 23.5 Å². The third-order valence-electron chi connectivity index (χ3n) is 6.83. The lowest BCUT2D eigenvalue weighted by atomic mass is 9.88. The first-order chi connectivity index (χ1) is 13.9. The van der Waals surface area contributed by atoms with Gasteiger partial charge in [0.1, 0.15) is 23.4 Å². The van der Waals surface area contributed by atoms with Crippen molar-refractivity contribution >= 4 is 7.55 Å². The van der Waals surface area contributed by atoms with Gasteiger partial charge in [-0.3, -0.25) is 0 Å². The minimum absolute atomic E-state index is 0.179. The van der Waals surface area contributed by atoms with Crippen molar-refractivity contribution < 1.29 is 29.9 Å². The molecule has 1 radical (unpaired) electrons. The van der Waals surface area contributed by atoms with Crippen molar-refractivity contribution in [1.29, 1.82) is 0 Å². The molecule has 4 N–H and O–H groups in total. The van der Waals surface area contributed by atoms with Gasteiger partial charge in [-0.05, 0) is 25.0 Å². The zero-order chi connectivity index (χ0) is 20.3. The molecule has 0 saturated heterocycles. The fourth-order valence-corrected chi connectivity index (χ4v) is 5.32. The molecule has 9 heteroatoms. The SMILES string of the molecule is CCC12C=CC(O1)c1c2c(O)n([B]n2c(O)c3c(c2O)C2(CC)C=CC3O2)c1O. The molecule has 2 aromatic rings. The van der Waals surface area contributed by atoms with Crippen LogP contribution in [0, 0.1) is 0 Å². The molecule has 4 aliphatic heterocycles. The average molecular weight is 395 g/mol. The molecule has 6 rings (SSSR count). The van der Waals surface area contributed by atoms with E-state index in [0.29, 0.717) is 35.1 Å².